The topological polar surface area (TPSA) is 48.2 Å². The molecule has 0 aliphatic carbocycles. The van der Waals surface area contributed by atoms with Crippen molar-refractivity contribution in [2.75, 3.05) is 13.2 Å². The van der Waals surface area contributed by atoms with Crippen LogP contribution >= 0.6 is 11.6 Å². The van der Waals surface area contributed by atoms with Crippen molar-refractivity contribution in [2.45, 2.75) is 18.5 Å². The Morgan fingerprint density at radius 1 is 1.27 bits per heavy atom. The van der Waals surface area contributed by atoms with Gasteiger partial charge in [-0.1, -0.05) is 0 Å². The molecular weight excluding hydrogens is 237 g/mol. The Morgan fingerprint density at radius 2 is 1.93 bits per heavy atom. The maximum absolute atomic E-state index is 11.6. The van der Waals surface area contributed by atoms with Crippen LogP contribution in [0, 0.1) is 0 Å². The van der Waals surface area contributed by atoms with Crippen LogP contribution in [-0.4, -0.2) is 29.6 Å². The zero-order valence-corrected chi connectivity index (χ0v) is 8.31. The van der Waals surface area contributed by atoms with Crippen LogP contribution < -0.4 is 0 Å². The molecule has 86 valence electrons. The molecule has 0 saturated carbocycles. The van der Waals surface area contributed by atoms with Gasteiger partial charge in [0.15, 0.2) is 0 Å². The van der Waals surface area contributed by atoms with Gasteiger partial charge >= 0.3 is 6.18 Å². The third-order valence-electron chi connectivity index (χ3n) is 1.35. The third kappa shape index (κ3) is 4.98. The number of rotatable bonds is 5. The van der Waals surface area contributed by atoms with Crippen LogP contribution in [0.4, 0.5) is 13.2 Å². The van der Waals surface area contributed by atoms with Crippen LogP contribution in [0.15, 0.2) is 4.42 Å². The van der Waals surface area contributed by atoms with Crippen LogP contribution in [-0.2, 0) is 17.0 Å². The number of ether oxygens (including phenoxy) is 1. The maximum atomic E-state index is 11.6. The molecule has 0 unspecified atom stereocenters. The number of hydrogen-bond donors (Lipinski definition) is 0. The van der Waals surface area contributed by atoms with Gasteiger partial charge < -0.3 is 9.15 Å². The number of aromatic nitrogens is 2. The molecule has 1 rings (SSSR count). The van der Waals surface area contributed by atoms with Gasteiger partial charge in [0.05, 0.1) is 6.61 Å². The number of alkyl halides is 4. The molecule has 0 fully saturated rings. The van der Waals surface area contributed by atoms with E-state index in [1.165, 1.54) is 0 Å². The lowest BCUT2D eigenvalue weighted by atomic mass is 10.4. The molecule has 0 aliphatic heterocycles. The molecule has 0 aromatic carbocycles. The predicted molar refractivity (Wildman–Crippen MR) is 44.4 cm³/mol. The summed E-state index contributed by atoms with van der Waals surface area (Å²) in [5, 5.41) is 7.09. The van der Waals surface area contributed by atoms with E-state index in [-0.39, 0.29) is 30.7 Å². The quantitative estimate of drug-likeness (QED) is 0.587. The number of hydrogen-bond acceptors (Lipinski definition) is 4. The minimum Gasteiger partial charge on any atom is -0.424 e. The molecule has 0 N–H and O–H groups in total. The Labute approximate surface area is 88.4 Å². The molecule has 1 heterocycles. The molecule has 0 bridgehead atoms. The summed E-state index contributed by atoms with van der Waals surface area (Å²) in [6, 6.07) is 0. The standard InChI is InChI=1S/C7H8ClF3N2O2/c8-3-6-13-12-5(15-6)1-2-14-4-7(9,10)11/h1-4H2. The lowest BCUT2D eigenvalue weighted by Crippen LogP contribution is -2.18. The largest absolute Gasteiger partial charge is 0.424 e. The van der Waals surface area contributed by atoms with E-state index in [1.807, 2.05) is 0 Å². The van der Waals surface area contributed by atoms with Gasteiger partial charge in [0, 0.05) is 6.42 Å². The fraction of sp³-hybridized carbons (Fsp3) is 0.714. The van der Waals surface area contributed by atoms with Crippen LogP contribution in [0.25, 0.3) is 0 Å². The van der Waals surface area contributed by atoms with Crippen molar-refractivity contribution in [2.24, 2.45) is 0 Å². The summed E-state index contributed by atoms with van der Waals surface area (Å²) in [7, 11) is 0. The highest BCUT2D eigenvalue weighted by atomic mass is 35.5. The van der Waals surface area contributed by atoms with Gasteiger partial charge in [-0.25, -0.2) is 0 Å². The summed E-state index contributed by atoms with van der Waals surface area (Å²) in [4.78, 5) is 0. The normalized spacial score (nSPS) is 12.0. The summed E-state index contributed by atoms with van der Waals surface area (Å²) in [5.74, 6) is 0.534. The Bertz CT molecular complexity index is 303. The van der Waals surface area contributed by atoms with E-state index in [0.717, 1.165) is 0 Å². The Hall–Kier alpha value is -0.820. The SMILES string of the molecule is FC(F)(F)COCCc1nnc(CCl)o1. The first-order valence-electron chi connectivity index (χ1n) is 4.03. The first-order valence-corrected chi connectivity index (χ1v) is 4.56. The zero-order valence-electron chi connectivity index (χ0n) is 7.55. The molecule has 0 radical (unpaired) electrons. The summed E-state index contributed by atoms with van der Waals surface area (Å²) in [6.07, 6.45) is -4.17. The Balaban J connectivity index is 2.20. The van der Waals surface area contributed by atoms with Crippen molar-refractivity contribution in [1.29, 1.82) is 0 Å². The van der Waals surface area contributed by atoms with Gasteiger partial charge in [-0.05, 0) is 0 Å². The van der Waals surface area contributed by atoms with Gasteiger partial charge in [0.25, 0.3) is 0 Å². The lowest BCUT2D eigenvalue weighted by Gasteiger charge is -2.05. The van der Waals surface area contributed by atoms with Crippen molar-refractivity contribution >= 4 is 11.6 Å². The highest BCUT2D eigenvalue weighted by Crippen LogP contribution is 2.14. The fourth-order valence-electron chi connectivity index (χ4n) is 0.791. The van der Waals surface area contributed by atoms with E-state index in [9.17, 15) is 13.2 Å². The molecule has 0 spiro atoms. The molecule has 4 nitrogen and oxygen atoms in total. The Morgan fingerprint density at radius 3 is 2.47 bits per heavy atom. The van der Waals surface area contributed by atoms with Crippen LogP contribution in [0.1, 0.15) is 11.8 Å². The number of nitrogens with zero attached hydrogens (tertiary/aromatic N) is 2. The molecule has 0 saturated heterocycles. The van der Waals surface area contributed by atoms with E-state index in [2.05, 4.69) is 14.9 Å². The van der Waals surface area contributed by atoms with E-state index >= 15 is 0 Å². The summed E-state index contributed by atoms with van der Waals surface area (Å²) in [6.45, 7) is -1.40. The first kappa shape index (κ1) is 12.3. The van der Waals surface area contributed by atoms with Crippen molar-refractivity contribution in [3.05, 3.63) is 11.8 Å². The summed E-state index contributed by atoms with van der Waals surface area (Å²) in [5.41, 5.74) is 0. The molecule has 1 aromatic heterocycles. The van der Waals surface area contributed by atoms with E-state index < -0.39 is 12.8 Å². The monoisotopic (exact) mass is 244 g/mol. The molecule has 1 aromatic rings. The second-order valence-electron chi connectivity index (χ2n) is 2.64. The lowest BCUT2D eigenvalue weighted by molar-refractivity contribution is -0.173. The third-order valence-corrected chi connectivity index (χ3v) is 1.58. The summed E-state index contributed by atoms with van der Waals surface area (Å²) < 4.78 is 44.2. The van der Waals surface area contributed by atoms with Gasteiger partial charge in [-0.15, -0.1) is 21.8 Å². The van der Waals surface area contributed by atoms with Gasteiger partial charge in [0.2, 0.25) is 11.8 Å². The van der Waals surface area contributed by atoms with Crippen molar-refractivity contribution in [3.8, 4) is 0 Å². The smallest absolute Gasteiger partial charge is 0.411 e. The van der Waals surface area contributed by atoms with E-state index in [1.54, 1.807) is 0 Å². The molecular formula is C7H8ClF3N2O2. The predicted octanol–water partition coefficient (Wildman–Crippen LogP) is 1.93. The number of halogens is 4. The second kappa shape index (κ2) is 5.32. The average molecular weight is 245 g/mol. The molecule has 15 heavy (non-hydrogen) atoms. The second-order valence-corrected chi connectivity index (χ2v) is 2.91. The van der Waals surface area contributed by atoms with Crippen molar-refractivity contribution in [3.63, 3.8) is 0 Å². The molecule has 8 heteroatoms. The van der Waals surface area contributed by atoms with E-state index in [0.29, 0.717) is 0 Å². The maximum Gasteiger partial charge on any atom is 0.411 e. The van der Waals surface area contributed by atoms with Crippen molar-refractivity contribution in [1.82, 2.24) is 10.2 Å². The fourth-order valence-corrected chi connectivity index (χ4v) is 0.899. The summed E-state index contributed by atoms with van der Waals surface area (Å²) >= 11 is 5.39. The van der Waals surface area contributed by atoms with Crippen LogP contribution in [0.2, 0.25) is 0 Å². The van der Waals surface area contributed by atoms with E-state index in [4.69, 9.17) is 16.0 Å². The minimum atomic E-state index is -4.31. The van der Waals surface area contributed by atoms with Gasteiger partial charge in [-0.2, -0.15) is 13.2 Å². The molecule has 0 aliphatic rings. The highest BCUT2D eigenvalue weighted by Gasteiger charge is 2.27. The van der Waals surface area contributed by atoms with Crippen LogP contribution in [0.3, 0.4) is 0 Å². The van der Waals surface area contributed by atoms with Crippen molar-refractivity contribution < 1.29 is 22.3 Å². The minimum absolute atomic E-state index is 0.0798. The van der Waals surface area contributed by atoms with Gasteiger partial charge in [-0.3, -0.25) is 0 Å². The molecule has 0 amide bonds. The average Bonchev–Trinajstić information content (AvgIpc) is 2.59. The highest BCUT2D eigenvalue weighted by molar-refractivity contribution is 6.16. The first-order chi connectivity index (χ1) is 7.01. The zero-order chi connectivity index (χ0) is 11.3. The van der Waals surface area contributed by atoms with Gasteiger partial charge in [0.1, 0.15) is 12.5 Å². The molecule has 0 atom stereocenters. The Kier molecular flexibility index (Phi) is 4.34. The van der Waals surface area contributed by atoms with Crippen LogP contribution in [0.5, 0.6) is 0 Å².